The Labute approximate surface area is 151 Å². The highest BCUT2D eigenvalue weighted by Gasteiger charge is 2.26. The molecule has 1 fully saturated rings. The molecule has 4 rings (SSSR count). The first-order valence-electron chi connectivity index (χ1n) is 8.72. The van der Waals surface area contributed by atoms with Crippen LogP contribution >= 0.6 is 0 Å². The molecule has 1 saturated heterocycles. The molecule has 0 unspecified atom stereocenters. The molecule has 7 nitrogen and oxygen atoms in total. The number of nitrogens with zero attached hydrogens (tertiary/aromatic N) is 4. The molecule has 1 aromatic carbocycles. The molecular formula is C19H21N5O2. The first kappa shape index (κ1) is 16.5. The summed E-state index contributed by atoms with van der Waals surface area (Å²) in [6.07, 6.45) is 1.99. The number of anilines is 1. The van der Waals surface area contributed by atoms with Crippen LogP contribution in [0.4, 0.5) is 5.82 Å². The molecule has 3 heterocycles. The van der Waals surface area contributed by atoms with Gasteiger partial charge in [0.1, 0.15) is 11.9 Å². The smallest absolute Gasteiger partial charge is 0.224 e. The molecule has 3 aromatic rings. The van der Waals surface area contributed by atoms with E-state index in [1.165, 1.54) is 0 Å². The van der Waals surface area contributed by atoms with Crippen LogP contribution in [-0.4, -0.2) is 45.0 Å². The van der Waals surface area contributed by atoms with E-state index in [4.69, 9.17) is 10.5 Å². The van der Waals surface area contributed by atoms with Gasteiger partial charge in [-0.05, 0) is 24.3 Å². The van der Waals surface area contributed by atoms with Crippen molar-refractivity contribution in [3.63, 3.8) is 0 Å². The van der Waals surface area contributed by atoms with E-state index in [1.807, 2.05) is 45.9 Å². The maximum Gasteiger partial charge on any atom is 0.224 e. The number of amides is 1. The van der Waals surface area contributed by atoms with Crippen LogP contribution in [-0.2, 0) is 16.1 Å². The number of hydrogen-bond acceptors (Lipinski definition) is 5. The number of aromatic nitrogens is 3. The Balaban J connectivity index is 1.40. The monoisotopic (exact) mass is 351 g/mol. The zero-order valence-corrected chi connectivity index (χ0v) is 14.4. The number of carbonyl (C=O) groups is 1. The number of aryl methyl sites for hydroxylation is 1. The maximum atomic E-state index is 12.7. The average molecular weight is 351 g/mol. The second-order valence-electron chi connectivity index (χ2n) is 6.36. The molecule has 0 aliphatic carbocycles. The minimum absolute atomic E-state index is 0.111. The SMILES string of the molecule is Nc1cccc([C@H]2CN(C(=O)CCn3cnc4ccccc43)CCO2)n1. The number of rotatable bonds is 4. The minimum atomic E-state index is -0.231. The van der Waals surface area contributed by atoms with Crippen molar-refractivity contribution in [2.45, 2.75) is 19.1 Å². The molecule has 134 valence electrons. The highest BCUT2D eigenvalue weighted by atomic mass is 16.5. The summed E-state index contributed by atoms with van der Waals surface area (Å²) in [7, 11) is 0. The summed E-state index contributed by atoms with van der Waals surface area (Å²) in [4.78, 5) is 23.2. The lowest BCUT2D eigenvalue weighted by Gasteiger charge is -2.32. The van der Waals surface area contributed by atoms with Gasteiger partial charge in [0.2, 0.25) is 5.91 Å². The topological polar surface area (TPSA) is 86.3 Å². The van der Waals surface area contributed by atoms with Crippen molar-refractivity contribution in [3.05, 3.63) is 54.5 Å². The number of carbonyl (C=O) groups excluding carboxylic acids is 1. The number of nitrogen functional groups attached to an aromatic ring is 1. The van der Waals surface area contributed by atoms with E-state index < -0.39 is 0 Å². The molecule has 0 bridgehead atoms. The zero-order valence-electron chi connectivity index (χ0n) is 14.4. The Morgan fingerprint density at radius 1 is 1.23 bits per heavy atom. The van der Waals surface area contributed by atoms with E-state index >= 15 is 0 Å². The highest BCUT2D eigenvalue weighted by molar-refractivity contribution is 5.77. The van der Waals surface area contributed by atoms with Gasteiger partial charge in [-0.25, -0.2) is 9.97 Å². The molecule has 1 atom stereocenters. The van der Waals surface area contributed by atoms with Crippen LogP contribution in [0.5, 0.6) is 0 Å². The number of benzene rings is 1. The first-order valence-corrected chi connectivity index (χ1v) is 8.72. The van der Waals surface area contributed by atoms with Gasteiger partial charge in [0, 0.05) is 19.5 Å². The van der Waals surface area contributed by atoms with E-state index in [0.29, 0.717) is 38.5 Å². The maximum absolute atomic E-state index is 12.7. The van der Waals surface area contributed by atoms with Gasteiger partial charge in [0.15, 0.2) is 0 Å². The number of ether oxygens (including phenoxy) is 1. The number of pyridine rings is 1. The summed E-state index contributed by atoms with van der Waals surface area (Å²) in [6, 6.07) is 13.4. The van der Waals surface area contributed by atoms with Crippen LogP contribution in [0, 0.1) is 0 Å². The average Bonchev–Trinajstić information content (AvgIpc) is 3.09. The third-order valence-electron chi connectivity index (χ3n) is 4.64. The highest BCUT2D eigenvalue weighted by Crippen LogP contribution is 2.22. The molecule has 1 aliphatic heterocycles. The van der Waals surface area contributed by atoms with Crippen LogP contribution in [0.2, 0.25) is 0 Å². The van der Waals surface area contributed by atoms with Crippen molar-refractivity contribution in [2.24, 2.45) is 0 Å². The summed E-state index contributed by atoms with van der Waals surface area (Å²) >= 11 is 0. The second-order valence-corrected chi connectivity index (χ2v) is 6.36. The summed E-state index contributed by atoms with van der Waals surface area (Å²) in [5.41, 5.74) is 8.51. The molecule has 7 heteroatoms. The third-order valence-corrected chi connectivity index (χ3v) is 4.64. The molecule has 1 aliphatic rings. The Hall–Kier alpha value is -2.93. The summed E-state index contributed by atoms with van der Waals surface area (Å²) in [5.74, 6) is 0.571. The number of morpholine rings is 1. The zero-order chi connectivity index (χ0) is 17.9. The molecule has 0 spiro atoms. The predicted octanol–water partition coefficient (Wildman–Crippen LogP) is 2.00. The first-order chi connectivity index (χ1) is 12.7. The molecular weight excluding hydrogens is 330 g/mol. The Morgan fingerprint density at radius 3 is 3.00 bits per heavy atom. The van der Waals surface area contributed by atoms with E-state index in [1.54, 1.807) is 12.4 Å². The lowest BCUT2D eigenvalue weighted by atomic mass is 10.1. The van der Waals surface area contributed by atoms with Crippen LogP contribution in [0.25, 0.3) is 11.0 Å². The van der Waals surface area contributed by atoms with Crippen molar-refractivity contribution < 1.29 is 9.53 Å². The van der Waals surface area contributed by atoms with Gasteiger partial charge in [0.25, 0.3) is 0 Å². The van der Waals surface area contributed by atoms with Crippen LogP contribution < -0.4 is 5.73 Å². The van der Waals surface area contributed by atoms with Gasteiger partial charge < -0.3 is 19.9 Å². The lowest BCUT2D eigenvalue weighted by molar-refractivity contribution is -0.139. The second kappa shape index (κ2) is 7.13. The van der Waals surface area contributed by atoms with Crippen LogP contribution in [0.3, 0.4) is 0 Å². The third kappa shape index (κ3) is 3.39. The van der Waals surface area contributed by atoms with E-state index in [0.717, 1.165) is 16.7 Å². The molecule has 2 aromatic heterocycles. The molecule has 0 saturated carbocycles. The molecule has 0 radical (unpaired) electrons. The Kier molecular flexibility index (Phi) is 4.53. The molecule has 1 amide bonds. The van der Waals surface area contributed by atoms with Crippen LogP contribution in [0.1, 0.15) is 18.2 Å². The van der Waals surface area contributed by atoms with E-state index in [-0.39, 0.29) is 12.0 Å². The molecule has 2 N–H and O–H groups in total. The minimum Gasteiger partial charge on any atom is -0.384 e. The van der Waals surface area contributed by atoms with Gasteiger partial charge >= 0.3 is 0 Å². The summed E-state index contributed by atoms with van der Waals surface area (Å²) < 4.78 is 7.80. The fraction of sp³-hybridized carbons (Fsp3) is 0.316. The quantitative estimate of drug-likeness (QED) is 0.777. The number of imidazole rings is 1. The van der Waals surface area contributed by atoms with Gasteiger partial charge in [-0.1, -0.05) is 18.2 Å². The standard InChI is InChI=1S/C19H21N5O2/c20-18-7-3-5-15(22-18)17-12-23(10-11-26-17)19(25)8-9-24-13-21-14-4-1-2-6-16(14)24/h1-7,13,17H,8-12H2,(H2,20,22)/t17-/m1/s1. The fourth-order valence-corrected chi connectivity index (χ4v) is 3.27. The van der Waals surface area contributed by atoms with Gasteiger partial charge in [0.05, 0.1) is 36.2 Å². The predicted molar refractivity (Wildman–Crippen MR) is 98.3 cm³/mol. The number of hydrogen-bond donors (Lipinski definition) is 1. The summed E-state index contributed by atoms with van der Waals surface area (Å²) in [5, 5.41) is 0. The van der Waals surface area contributed by atoms with Crippen molar-refractivity contribution in [2.75, 3.05) is 25.4 Å². The van der Waals surface area contributed by atoms with E-state index in [2.05, 4.69) is 9.97 Å². The van der Waals surface area contributed by atoms with Crippen molar-refractivity contribution in [1.29, 1.82) is 0 Å². The van der Waals surface area contributed by atoms with Gasteiger partial charge in [-0.15, -0.1) is 0 Å². The largest absolute Gasteiger partial charge is 0.384 e. The fourth-order valence-electron chi connectivity index (χ4n) is 3.27. The number of fused-ring (bicyclic) bond motifs is 1. The normalized spacial score (nSPS) is 17.5. The van der Waals surface area contributed by atoms with Crippen molar-refractivity contribution >= 4 is 22.8 Å². The van der Waals surface area contributed by atoms with Gasteiger partial charge in [-0.2, -0.15) is 0 Å². The number of nitrogens with two attached hydrogens (primary N) is 1. The van der Waals surface area contributed by atoms with Gasteiger partial charge in [-0.3, -0.25) is 4.79 Å². The van der Waals surface area contributed by atoms with E-state index in [9.17, 15) is 4.79 Å². The Morgan fingerprint density at radius 2 is 2.12 bits per heavy atom. The van der Waals surface area contributed by atoms with Crippen molar-refractivity contribution in [3.8, 4) is 0 Å². The number of para-hydroxylation sites is 2. The molecule has 26 heavy (non-hydrogen) atoms. The lowest BCUT2D eigenvalue weighted by Crippen LogP contribution is -2.42. The summed E-state index contributed by atoms with van der Waals surface area (Å²) in [6.45, 7) is 2.21. The van der Waals surface area contributed by atoms with Crippen molar-refractivity contribution in [1.82, 2.24) is 19.4 Å². The van der Waals surface area contributed by atoms with Crippen LogP contribution in [0.15, 0.2) is 48.8 Å². The Bertz CT molecular complexity index is 923.